The maximum Gasteiger partial charge on any atom is 0.323 e. The van der Waals surface area contributed by atoms with Crippen molar-refractivity contribution in [3.05, 3.63) is 30.1 Å². The van der Waals surface area contributed by atoms with Crippen LogP contribution < -0.4 is 5.32 Å². The van der Waals surface area contributed by atoms with E-state index in [0.717, 1.165) is 18.6 Å². The maximum atomic E-state index is 13.4. The molecule has 1 aromatic rings. The summed E-state index contributed by atoms with van der Waals surface area (Å²) < 4.78 is 13.4. The molecule has 0 saturated carbocycles. The Labute approximate surface area is 130 Å². The first-order valence-electron chi connectivity index (χ1n) is 7.23. The van der Waals surface area contributed by atoms with Gasteiger partial charge in [0.1, 0.15) is 11.4 Å². The van der Waals surface area contributed by atoms with Crippen molar-refractivity contribution >= 4 is 17.7 Å². The number of unbranched alkanes of at least 4 members (excludes halogenated alkanes) is 1. The number of benzene rings is 1. The number of carbonyl (C=O) groups is 1. The summed E-state index contributed by atoms with van der Waals surface area (Å²) in [5.41, 5.74) is -0.892. The predicted octanol–water partition coefficient (Wildman–Crippen LogP) is 3.93. The van der Waals surface area contributed by atoms with Crippen LogP contribution in [0.4, 0.5) is 4.39 Å². The third-order valence-electron chi connectivity index (χ3n) is 3.24. The minimum atomic E-state index is -0.892. The molecule has 0 fully saturated rings. The van der Waals surface area contributed by atoms with E-state index in [1.165, 1.54) is 17.8 Å². The minimum Gasteiger partial charge on any atom is -0.480 e. The van der Waals surface area contributed by atoms with Gasteiger partial charge in [-0.15, -0.1) is 11.8 Å². The van der Waals surface area contributed by atoms with Crippen LogP contribution in [0.15, 0.2) is 29.2 Å². The first kappa shape index (κ1) is 18.0. The lowest BCUT2D eigenvalue weighted by atomic mass is 9.94. The fourth-order valence-electron chi connectivity index (χ4n) is 2.20. The highest BCUT2D eigenvalue weighted by molar-refractivity contribution is 7.99. The number of aliphatic carboxylic acids is 1. The van der Waals surface area contributed by atoms with Crippen molar-refractivity contribution in [1.82, 2.24) is 5.32 Å². The molecule has 1 unspecified atom stereocenters. The lowest BCUT2D eigenvalue weighted by Gasteiger charge is -2.28. The summed E-state index contributed by atoms with van der Waals surface area (Å²) in [7, 11) is 0. The molecule has 0 aliphatic carbocycles. The number of halogens is 1. The molecule has 0 aliphatic heterocycles. The van der Waals surface area contributed by atoms with Crippen LogP contribution in [0.2, 0.25) is 0 Å². The summed E-state index contributed by atoms with van der Waals surface area (Å²) in [4.78, 5) is 12.0. The van der Waals surface area contributed by atoms with Crippen LogP contribution in [0, 0.1) is 5.82 Å². The number of hydrogen-bond donors (Lipinski definition) is 2. The van der Waals surface area contributed by atoms with Gasteiger partial charge in [0.25, 0.3) is 0 Å². The molecule has 0 bridgehead atoms. The van der Waals surface area contributed by atoms with Gasteiger partial charge in [-0.1, -0.05) is 18.6 Å². The number of nitrogens with one attached hydrogen (secondary N) is 1. The Hall–Kier alpha value is -1.07. The van der Waals surface area contributed by atoms with Crippen molar-refractivity contribution in [2.75, 3.05) is 5.75 Å². The Kier molecular flexibility index (Phi) is 7.18. The normalized spacial score (nSPS) is 14.1. The van der Waals surface area contributed by atoms with Gasteiger partial charge in [0.05, 0.1) is 0 Å². The summed E-state index contributed by atoms with van der Waals surface area (Å²) in [6.07, 6.45) is 2.23. The van der Waals surface area contributed by atoms with Gasteiger partial charge >= 0.3 is 5.97 Å². The molecule has 2 N–H and O–H groups in total. The van der Waals surface area contributed by atoms with Gasteiger partial charge in [-0.25, -0.2) is 4.39 Å². The second-order valence-electron chi connectivity index (χ2n) is 5.67. The zero-order valence-corrected chi connectivity index (χ0v) is 13.7. The summed E-state index contributed by atoms with van der Waals surface area (Å²) in [5.74, 6) is -0.226. The van der Waals surface area contributed by atoms with E-state index in [1.807, 2.05) is 19.9 Å². The van der Waals surface area contributed by atoms with Crippen LogP contribution in [0.3, 0.4) is 0 Å². The smallest absolute Gasteiger partial charge is 0.323 e. The van der Waals surface area contributed by atoms with Gasteiger partial charge in [-0.3, -0.25) is 10.1 Å². The molecule has 0 aliphatic rings. The van der Waals surface area contributed by atoms with E-state index >= 15 is 0 Å². The predicted molar refractivity (Wildman–Crippen MR) is 85.3 cm³/mol. The summed E-state index contributed by atoms with van der Waals surface area (Å²) in [6.45, 7) is 5.60. The first-order valence-corrected chi connectivity index (χ1v) is 8.22. The first-order chi connectivity index (χ1) is 9.85. The van der Waals surface area contributed by atoms with Gasteiger partial charge < -0.3 is 5.11 Å². The maximum absolute atomic E-state index is 13.4. The molecule has 1 rings (SSSR count). The molecule has 0 amide bonds. The molecule has 0 aromatic heterocycles. The van der Waals surface area contributed by atoms with Gasteiger partial charge in [0, 0.05) is 10.9 Å². The number of hydrogen-bond acceptors (Lipinski definition) is 3. The topological polar surface area (TPSA) is 49.3 Å². The highest BCUT2D eigenvalue weighted by Crippen LogP contribution is 2.23. The average Bonchev–Trinajstić information content (AvgIpc) is 2.39. The Morgan fingerprint density at radius 3 is 2.62 bits per heavy atom. The van der Waals surface area contributed by atoms with Crippen molar-refractivity contribution in [2.45, 2.75) is 56.5 Å². The molecule has 0 radical (unpaired) electrons. The lowest BCUT2D eigenvalue weighted by Crippen LogP contribution is -2.52. The SMILES string of the molecule is CC(C)NC(C)(CCCCSc1ccccc1F)C(=O)O. The molecule has 0 saturated heterocycles. The van der Waals surface area contributed by atoms with Crippen LogP contribution in [0.5, 0.6) is 0 Å². The number of carboxylic acid groups (broad SMARTS) is 1. The van der Waals surface area contributed by atoms with Gasteiger partial charge in [0.15, 0.2) is 0 Å². The van der Waals surface area contributed by atoms with Crippen LogP contribution >= 0.6 is 11.8 Å². The van der Waals surface area contributed by atoms with E-state index in [0.29, 0.717) is 11.3 Å². The van der Waals surface area contributed by atoms with Crippen LogP contribution in [0.25, 0.3) is 0 Å². The second-order valence-corrected chi connectivity index (χ2v) is 6.81. The molecule has 118 valence electrons. The Morgan fingerprint density at radius 2 is 2.05 bits per heavy atom. The van der Waals surface area contributed by atoms with Crippen LogP contribution in [-0.4, -0.2) is 28.4 Å². The van der Waals surface area contributed by atoms with Crippen molar-refractivity contribution in [3.63, 3.8) is 0 Å². The van der Waals surface area contributed by atoms with Crippen molar-refractivity contribution in [2.24, 2.45) is 0 Å². The van der Waals surface area contributed by atoms with E-state index in [1.54, 1.807) is 19.1 Å². The third kappa shape index (κ3) is 6.06. The zero-order valence-electron chi connectivity index (χ0n) is 12.9. The lowest BCUT2D eigenvalue weighted by molar-refractivity contribution is -0.144. The quantitative estimate of drug-likeness (QED) is 0.536. The molecule has 3 nitrogen and oxygen atoms in total. The molecular formula is C16H24FNO2S. The zero-order chi connectivity index (χ0) is 15.9. The fourth-order valence-corrected chi connectivity index (χ4v) is 3.15. The standard InChI is InChI=1S/C16H24FNO2S/c1-12(2)18-16(3,15(19)20)10-6-7-11-21-14-9-5-4-8-13(14)17/h4-5,8-9,12,18H,6-7,10-11H2,1-3H3,(H,19,20). The summed E-state index contributed by atoms with van der Waals surface area (Å²) in [6, 6.07) is 6.84. The van der Waals surface area contributed by atoms with Crippen LogP contribution in [-0.2, 0) is 4.79 Å². The highest BCUT2D eigenvalue weighted by Gasteiger charge is 2.32. The number of rotatable bonds is 9. The molecule has 0 spiro atoms. The van der Waals surface area contributed by atoms with Gasteiger partial charge in [0.2, 0.25) is 0 Å². The van der Waals surface area contributed by atoms with E-state index in [9.17, 15) is 14.3 Å². The monoisotopic (exact) mass is 313 g/mol. The second kappa shape index (κ2) is 8.39. The number of thioether (sulfide) groups is 1. The molecule has 1 atom stereocenters. The Bertz CT molecular complexity index is 467. The van der Waals surface area contributed by atoms with Gasteiger partial charge in [-0.05, 0) is 51.5 Å². The van der Waals surface area contributed by atoms with E-state index < -0.39 is 11.5 Å². The Morgan fingerprint density at radius 1 is 1.38 bits per heavy atom. The van der Waals surface area contributed by atoms with Crippen molar-refractivity contribution < 1.29 is 14.3 Å². The van der Waals surface area contributed by atoms with Gasteiger partial charge in [-0.2, -0.15) is 0 Å². The van der Waals surface area contributed by atoms with Crippen molar-refractivity contribution in [1.29, 1.82) is 0 Å². The molecule has 21 heavy (non-hydrogen) atoms. The minimum absolute atomic E-state index is 0.124. The van der Waals surface area contributed by atoms with Crippen molar-refractivity contribution in [3.8, 4) is 0 Å². The molecular weight excluding hydrogens is 289 g/mol. The Balaban J connectivity index is 2.35. The summed E-state index contributed by atoms with van der Waals surface area (Å²) >= 11 is 1.48. The fraction of sp³-hybridized carbons (Fsp3) is 0.562. The molecule has 0 heterocycles. The highest BCUT2D eigenvalue weighted by atomic mass is 32.2. The molecule has 5 heteroatoms. The van der Waals surface area contributed by atoms with E-state index in [4.69, 9.17) is 0 Å². The third-order valence-corrected chi connectivity index (χ3v) is 4.38. The van der Waals surface area contributed by atoms with Crippen LogP contribution in [0.1, 0.15) is 40.0 Å². The number of carboxylic acids is 1. The average molecular weight is 313 g/mol. The molecule has 1 aromatic carbocycles. The van der Waals surface area contributed by atoms with E-state index in [-0.39, 0.29) is 11.9 Å². The summed E-state index contributed by atoms with van der Waals surface area (Å²) in [5, 5.41) is 12.4. The largest absolute Gasteiger partial charge is 0.480 e. The van der Waals surface area contributed by atoms with E-state index in [2.05, 4.69) is 5.32 Å².